The largest absolute Gasteiger partial charge is 0.178 e. The quantitative estimate of drug-likeness (QED) is 0.673. The molecule has 0 amide bonds. The average molecular weight is 212 g/mol. The number of hydrogen-bond acceptors (Lipinski definition) is 4. The Morgan fingerprint density at radius 1 is 1.10 bits per heavy atom. The molecule has 0 aliphatic carbocycles. The third kappa shape index (κ3) is 2.80. The molecule has 0 nitrogen and oxygen atoms in total. The molecule has 2 unspecified atom stereocenters. The van der Waals surface area contributed by atoms with Gasteiger partial charge in [-0.1, -0.05) is 0 Å². The molecule has 1 rings (SSSR count). The normalized spacial score (nSPS) is 34.2. The summed E-state index contributed by atoms with van der Waals surface area (Å²) in [6, 6.07) is 0. The summed E-state index contributed by atoms with van der Waals surface area (Å²) in [5.41, 5.74) is 0. The Bertz CT molecular complexity index is 85.7. The minimum atomic E-state index is 0.763. The molecule has 2 atom stereocenters. The van der Waals surface area contributed by atoms with Crippen molar-refractivity contribution in [1.29, 1.82) is 0 Å². The van der Waals surface area contributed by atoms with E-state index in [4.69, 9.17) is 0 Å². The van der Waals surface area contributed by atoms with Gasteiger partial charge in [0.25, 0.3) is 0 Å². The molecule has 1 saturated heterocycles. The van der Waals surface area contributed by atoms with E-state index in [1.807, 2.05) is 11.8 Å². The van der Waals surface area contributed by atoms with Crippen LogP contribution < -0.4 is 0 Å². The molecule has 0 spiro atoms. The van der Waals surface area contributed by atoms with Crippen LogP contribution in [-0.2, 0) is 0 Å². The summed E-state index contributed by atoms with van der Waals surface area (Å²) in [5, 5.41) is 1.53. The fraction of sp³-hybridized carbons (Fsp3) is 1.00. The van der Waals surface area contributed by atoms with Gasteiger partial charge in [-0.15, -0.1) is 0 Å². The van der Waals surface area contributed by atoms with E-state index in [0.717, 1.165) is 22.0 Å². The van der Waals surface area contributed by atoms with E-state index in [-0.39, 0.29) is 0 Å². The van der Waals surface area contributed by atoms with Crippen LogP contribution in [0.4, 0.5) is 0 Å². The van der Waals surface area contributed by atoms with E-state index >= 15 is 0 Å². The second-order valence-electron chi connectivity index (χ2n) is 2.28. The highest BCUT2D eigenvalue weighted by Crippen LogP contribution is 2.31. The fourth-order valence-corrected chi connectivity index (χ4v) is 4.82. The Balaban J connectivity index is 2.25. The third-order valence-electron chi connectivity index (χ3n) is 1.40. The van der Waals surface area contributed by atoms with Crippen LogP contribution in [0.3, 0.4) is 0 Å². The highest BCUT2D eigenvalue weighted by atomic mass is 32.2. The molecule has 0 radical (unpaired) electrons. The SMILES string of the molecule is SCC1CSCC(CS)S1. The zero-order valence-corrected chi connectivity index (χ0v) is 9.12. The molecule has 0 aromatic heterocycles. The van der Waals surface area contributed by atoms with Gasteiger partial charge in [0.2, 0.25) is 0 Å². The highest BCUT2D eigenvalue weighted by Gasteiger charge is 2.20. The van der Waals surface area contributed by atoms with Gasteiger partial charge in [-0.3, -0.25) is 0 Å². The van der Waals surface area contributed by atoms with E-state index in [2.05, 4.69) is 37.0 Å². The van der Waals surface area contributed by atoms with Crippen molar-refractivity contribution in [3.05, 3.63) is 0 Å². The zero-order valence-electron chi connectivity index (χ0n) is 5.69. The van der Waals surface area contributed by atoms with Crippen LogP contribution in [0.15, 0.2) is 0 Å². The lowest BCUT2D eigenvalue weighted by Gasteiger charge is -2.25. The minimum absolute atomic E-state index is 0.763. The van der Waals surface area contributed by atoms with Crippen LogP contribution in [0, 0.1) is 0 Å². The van der Waals surface area contributed by atoms with Crippen molar-refractivity contribution in [2.24, 2.45) is 0 Å². The summed E-state index contributed by atoms with van der Waals surface area (Å²) in [6.45, 7) is 0. The first-order valence-electron chi connectivity index (χ1n) is 3.31. The van der Waals surface area contributed by atoms with Crippen LogP contribution in [0.25, 0.3) is 0 Å². The van der Waals surface area contributed by atoms with Crippen molar-refractivity contribution < 1.29 is 0 Å². The van der Waals surface area contributed by atoms with Gasteiger partial charge in [0, 0.05) is 33.5 Å². The summed E-state index contributed by atoms with van der Waals surface area (Å²) in [6.07, 6.45) is 0. The maximum Gasteiger partial charge on any atom is 0.0229 e. The van der Waals surface area contributed by atoms with Crippen LogP contribution in [0.1, 0.15) is 0 Å². The van der Waals surface area contributed by atoms with Gasteiger partial charge in [0.15, 0.2) is 0 Å². The zero-order chi connectivity index (χ0) is 7.40. The van der Waals surface area contributed by atoms with E-state index in [9.17, 15) is 0 Å². The van der Waals surface area contributed by atoms with Crippen LogP contribution >= 0.6 is 48.8 Å². The smallest absolute Gasteiger partial charge is 0.0229 e. The molecule has 0 aromatic rings. The van der Waals surface area contributed by atoms with E-state index < -0.39 is 0 Å². The molecule has 1 heterocycles. The van der Waals surface area contributed by atoms with Crippen molar-refractivity contribution in [3.63, 3.8) is 0 Å². The topological polar surface area (TPSA) is 0 Å². The molecule has 10 heavy (non-hydrogen) atoms. The van der Waals surface area contributed by atoms with Gasteiger partial charge in [0.05, 0.1) is 0 Å². The van der Waals surface area contributed by atoms with Crippen molar-refractivity contribution in [3.8, 4) is 0 Å². The van der Waals surface area contributed by atoms with Gasteiger partial charge < -0.3 is 0 Å². The second kappa shape index (κ2) is 5.12. The average Bonchev–Trinajstić information content (AvgIpc) is 2.05. The number of thioether (sulfide) groups is 2. The first-order chi connectivity index (χ1) is 4.86. The predicted octanol–water partition coefficient (Wildman–Crippen LogP) is 2.06. The summed E-state index contributed by atoms with van der Waals surface area (Å²) in [5.74, 6) is 4.58. The Hall–Kier alpha value is 1.40. The van der Waals surface area contributed by atoms with Gasteiger partial charge in [-0.05, 0) is 0 Å². The van der Waals surface area contributed by atoms with Crippen molar-refractivity contribution >= 4 is 48.8 Å². The lowest BCUT2D eigenvalue weighted by atomic mass is 10.5. The summed E-state index contributed by atoms with van der Waals surface area (Å²) in [4.78, 5) is 0. The fourth-order valence-electron chi connectivity index (χ4n) is 0.873. The molecule has 4 heteroatoms. The molecule has 0 N–H and O–H groups in total. The maximum atomic E-state index is 4.28. The Morgan fingerprint density at radius 2 is 1.60 bits per heavy atom. The third-order valence-corrected chi connectivity index (χ3v) is 5.91. The first-order valence-corrected chi connectivity index (χ1v) is 6.68. The lowest BCUT2D eigenvalue weighted by molar-refractivity contribution is 1.06. The molecule has 1 aliphatic rings. The summed E-state index contributed by atoms with van der Waals surface area (Å²) >= 11 is 12.7. The van der Waals surface area contributed by atoms with Crippen LogP contribution in [0.2, 0.25) is 0 Å². The molecule has 0 aromatic carbocycles. The van der Waals surface area contributed by atoms with E-state index in [1.54, 1.807) is 0 Å². The van der Waals surface area contributed by atoms with Crippen LogP contribution in [-0.4, -0.2) is 33.5 Å². The molecule has 60 valence electrons. The Morgan fingerprint density at radius 3 is 2.00 bits per heavy atom. The number of thiol groups is 2. The number of rotatable bonds is 2. The van der Waals surface area contributed by atoms with Crippen molar-refractivity contribution in [1.82, 2.24) is 0 Å². The monoisotopic (exact) mass is 212 g/mol. The number of hydrogen-bond donors (Lipinski definition) is 2. The van der Waals surface area contributed by atoms with Gasteiger partial charge in [-0.25, -0.2) is 0 Å². The van der Waals surface area contributed by atoms with Gasteiger partial charge in [-0.2, -0.15) is 48.8 Å². The summed E-state index contributed by atoms with van der Waals surface area (Å²) in [7, 11) is 0. The predicted molar refractivity (Wildman–Crippen MR) is 60.2 cm³/mol. The molecule has 1 aliphatic heterocycles. The van der Waals surface area contributed by atoms with E-state index in [1.165, 1.54) is 11.5 Å². The van der Waals surface area contributed by atoms with Crippen molar-refractivity contribution in [2.75, 3.05) is 23.0 Å². The molecule has 0 saturated carbocycles. The van der Waals surface area contributed by atoms with Crippen LogP contribution in [0.5, 0.6) is 0 Å². The summed E-state index contributed by atoms with van der Waals surface area (Å²) < 4.78 is 0. The van der Waals surface area contributed by atoms with E-state index in [0.29, 0.717) is 0 Å². The van der Waals surface area contributed by atoms with Crippen molar-refractivity contribution in [2.45, 2.75) is 10.5 Å². The Labute approximate surface area is 82.1 Å². The minimum Gasteiger partial charge on any atom is -0.178 e. The van der Waals surface area contributed by atoms with Gasteiger partial charge >= 0.3 is 0 Å². The Kier molecular flexibility index (Phi) is 4.86. The molecule has 0 bridgehead atoms. The first kappa shape index (κ1) is 9.49. The molecular formula is C6H12S4. The van der Waals surface area contributed by atoms with Gasteiger partial charge in [0.1, 0.15) is 0 Å². The second-order valence-corrected chi connectivity index (χ2v) is 5.69. The lowest BCUT2D eigenvalue weighted by Crippen LogP contribution is -2.24. The molecule has 1 fully saturated rings. The molecular weight excluding hydrogens is 200 g/mol. The maximum absolute atomic E-state index is 4.28. The standard InChI is InChI=1S/C6H12S4/c7-1-5-3-9-4-6(2-8)10-5/h5-8H,1-4H2. The highest BCUT2D eigenvalue weighted by molar-refractivity contribution is 8.07.